The molecule has 1 N–H and O–H groups in total. The van der Waals surface area contributed by atoms with Crippen LogP contribution in [0.4, 0.5) is 0 Å². The van der Waals surface area contributed by atoms with Gasteiger partial charge in [-0.2, -0.15) is 4.31 Å². The SMILES string of the molecule is CC1CCCCN1CCCNC(=O)C1CCN(S(=O)(=O)c2ccccc2)CC1. The lowest BCUT2D eigenvalue weighted by atomic mass is 9.97. The number of sulfonamides is 1. The smallest absolute Gasteiger partial charge is 0.243 e. The minimum Gasteiger partial charge on any atom is -0.356 e. The molecule has 2 heterocycles. The molecule has 28 heavy (non-hydrogen) atoms. The number of nitrogens with one attached hydrogen (secondary N) is 1. The molecule has 2 fully saturated rings. The molecule has 1 aromatic carbocycles. The van der Waals surface area contributed by atoms with Gasteiger partial charge in [-0.1, -0.05) is 24.6 Å². The molecule has 2 aliphatic heterocycles. The van der Waals surface area contributed by atoms with E-state index in [4.69, 9.17) is 0 Å². The number of amides is 1. The zero-order valence-corrected chi connectivity index (χ0v) is 17.7. The normalized spacial score (nSPS) is 22.8. The van der Waals surface area contributed by atoms with E-state index in [1.54, 1.807) is 24.3 Å². The lowest BCUT2D eigenvalue weighted by Crippen LogP contribution is -2.43. The van der Waals surface area contributed by atoms with Gasteiger partial charge in [0.25, 0.3) is 0 Å². The standard InChI is InChI=1S/C21H33N3O3S/c1-18-8-5-6-14-23(18)15-7-13-22-21(25)19-11-16-24(17-12-19)28(26,27)20-9-3-2-4-10-20/h2-4,9-10,18-19H,5-8,11-17H2,1H3,(H,22,25). The van der Waals surface area contributed by atoms with Gasteiger partial charge in [-0.3, -0.25) is 4.79 Å². The Hall–Kier alpha value is -1.44. The van der Waals surface area contributed by atoms with Gasteiger partial charge in [0, 0.05) is 38.1 Å². The minimum atomic E-state index is -3.45. The van der Waals surface area contributed by atoms with Gasteiger partial charge >= 0.3 is 0 Å². The van der Waals surface area contributed by atoms with Crippen LogP contribution in [0.3, 0.4) is 0 Å². The van der Waals surface area contributed by atoms with Gasteiger partial charge < -0.3 is 10.2 Å². The van der Waals surface area contributed by atoms with E-state index >= 15 is 0 Å². The Labute approximate surface area is 169 Å². The topological polar surface area (TPSA) is 69.7 Å². The van der Waals surface area contributed by atoms with Gasteiger partial charge in [-0.15, -0.1) is 0 Å². The molecule has 7 heteroatoms. The van der Waals surface area contributed by atoms with Crippen molar-refractivity contribution in [3.63, 3.8) is 0 Å². The van der Waals surface area contributed by atoms with Crippen molar-refractivity contribution in [1.29, 1.82) is 0 Å². The van der Waals surface area contributed by atoms with Crippen LogP contribution in [0.25, 0.3) is 0 Å². The van der Waals surface area contributed by atoms with E-state index in [9.17, 15) is 13.2 Å². The first-order valence-electron chi connectivity index (χ1n) is 10.6. The summed E-state index contributed by atoms with van der Waals surface area (Å²) in [5.74, 6) is -0.0143. The number of piperidine rings is 2. The van der Waals surface area contributed by atoms with Gasteiger partial charge in [-0.05, 0) is 57.7 Å². The van der Waals surface area contributed by atoms with Crippen LogP contribution < -0.4 is 5.32 Å². The first kappa shape index (κ1) is 21.3. The third-order valence-electron chi connectivity index (χ3n) is 6.07. The number of hydrogen-bond donors (Lipinski definition) is 1. The molecule has 0 saturated carbocycles. The van der Waals surface area contributed by atoms with Crippen LogP contribution in [-0.4, -0.2) is 62.3 Å². The lowest BCUT2D eigenvalue weighted by Gasteiger charge is -2.33. The highest BCUT2D eigenvalue weighted by Gasteiger charge is 2.31. The average molecular weight is 408 g/mol. The zero-order valence-electron chi connectivity index (χ0n) is 16.8. The Kier molecular flexibility index (Phi) is 7.48. The summed E-state index contributed by atoms with van der Waals surface area (Å²) in [6.45, 7) is 6.00. The number of likely N-dealkylation sites (tertiary alicyclic amines) is 1. The molecule has 6 nitrogen and oxygen atoms in total. The molecular weight excluding hydrogens is 374 g/mol. The Balaban J connectivity index is 1.39. The third-order valence-corrected chi connectivity index (χ3v) is 7.98. The van der Waals surface area contributed by atoms with E-state index in [1.165, 1.54) is 30.1 Å². The van der Waals surface area contributed by atoms with Crippen molar-refractivity contribution in [2.45, 2.75) is 56.4 Å². The van der Waals surface area contributed by atoms with E-state index in [0.717, 1.165) is 13.0 Å². The van der Waals surface area contributed by atoms with Gasteiger partial charge in [0.05, 0.1) is 4.90 Å². The number of nitrogens with zero attached hydrogens (tertiary/aromatic N) is 2. The molecule has 2 aliphatic rings. The number of carbonyl (C=O) groups is 1. The highest BCUT2D eigenvalue weighted by atomic mass is 32.2. The van der Waals surface area contributed by atoms with Crippen LogP contribution in [0.5, 0.6) is 0 Å². The first-order valence-corrected chi connectivity index (χ1v) is 12.0. The molecule has 0 aliphatic carbocycles. The van der Waals surface area contributed by atoms with Crippen molar-refractivity contribution < 1.29 is 13.2 Å². The van der Waals surface area contributed by atoms with Crippen LogP contribution in [0, 0.1) is 5.92 Å². The van der Waals surface area contributed by atoms with E-state index in [2.05, 4.69) is 17.1 Å². The van der Waals surface area contributed by atoms with Crippen molar-refractivity contribution in [3.05, 3.63) is 30.3 Å². The Morgan fingerprint density at radius 2 is 1.79 bits per heavy atom. The second-order valence-electron chi connectivity index (χ2n) is 8.02. The predicted octanol–water partition coefficient (Wildman–Crippen LogP) is 2.47. The first-order chi connectivity index (χ1) is 13.5. The molecule has 1 amide bonds. The summed E-state index contributed by atoms with van der Waals surface area (Å²) in [7, 11) is -3.45. The van der Waals surface area contributed by atoms with E-state index in [-0.39, 0.29) is 11.8 Å². The van der Waals surface area contributed by atoms with Gasteiger partial charge in [-0.25, -0.2) is 8.42 Å². The second kappa shape index (κ2) is 9.85. The fourth-order valence-electron chi connectivity index (χ4n) is 4.23. The fourth-order valence-corrected chi connectivity index (χ4v) is 5.72. The Morgan fingerprint density at radius 3 is 2.46 bits per heavy atom. The zero-order chi connectivity index (χ0) is 20.0. The number of benzene rings is 1. The molecule has 1 unspecified atom stereocenters. The van der Waals surface area contributed by atoms with E-state index in [0.29, 0.717) is 43.4 Å². The maximum absolute atomic E-state index is 12.7. The number of rotatable bonds is 7. The molecule has 0 aromatic heterocycles. The quantitative estimate of drug-likeness (QED) is 0.705. The second-order valence-corrected chi connectivity index (χ2v) is 9.95. The largest absolute Gasteiger partial charge is 0.356 e. The number of carbonyl (C=O) groups excluding carboxylic acids is 1. The number of hydrogen-bond acceptors (Lipinski definition) is 4. The van der Waals surface area contributed by atoms with Crippen molar-refractivity contribution in [2.75, 3.05) is 32.7 Å². The van der Waals surface area contributed by atoms with Crippen LogP contribution >= 0.6 is 0 Å². The monoisotopic (exact) mass is 407 g/mol. The summed E-state index contributed by atoms with van der Waals surface area (Å²) in [5, 5.41) is 3.06. The van der Waals surface area contributed by atoms with Gasteiger partial charge in [0.2, 0.25) is 15.9 Å². The fraction of sp³-hybridized carbons (Fsp3) is 0.667. The summed E-state index contributed by atoms with van der Waals surface area (Å²) in [6, 6.07) is 9.17. The lowest BCUT2D eigenvalue weighted by molar-refractivity contribution is -0.126. The maximum atomic E-state index is 12.7. The summed E-state index contributed by atoms with van der Waals surface area (Å²) in [6.07, 6.45) is 6.02. The van der Waals surface area contributed by atoms with Crippen LogP contribution in [0.1, 0.15) is 45.4 Å². The Bertz CT molecular complexity index is 731. The summed E-state index contributed by atoms with van der Waals surface area (Å²) >= 11 is 0. The van der Waals surface area contributed by atoms with Crippen molar-refractivity contribution in [2.24, 2.45) is 5.92 Å². The van der Waals surface area contributed by atoms with E-state index in [1.807, 2.05) is 6.07 Å². The highest BCUT2D eigenvalue weighted by Crippen LogP contribution is 2.24. The van der Waals surface area contributed by atoms with E-state index < -0.39 is 10.0 Å². The van der Waals surface area contributed by atoms with Crippen LogP contribution in [0.2, 0.25) is 0 Å². The van der Waals surface area contributed by atoms with Crippen molar-refractivity contribution >= 4 is 15.9 Å². The molecule has 1 atom stereocenters. The minimum absolute atomic E-state index is 0.0726. The molecule has 0 bridgehead atoms. The summed E-state index contributed by atoms with van der Waals surface area (Å²) in [4.78, 5) is 15.3. The molecule has 2 saturated heterocycles. The average Bonchev–Trinajstić information content (AvgIpc) is 2.73. The van der Waals surface area contributed by atoms with Crippen molar-refractivity contribution in [1.82, 2.24) is 14.5 Å². The summed E-state index contributed by atoms with van der Waals surface area (Å²) < 4.78 is 26.8. The van der Waals surface area contributed by atoms with Gasteiger partial charge in [0.1, 0.15) is 0 Å². The third kappa shape index (κ3) is 5.33. The highest BCUT2D eigenvalue weighted by molar-refractivity contribution is 7.89. The molecule has 3 rings (SSSR count). The maximum Gasteiger partial charge on any atom is 0.243 e. The van der Waals surface area contributed by atoms with Crippen LogP contribution in [0.15, 0.2) is 35.2 Å². The molecule has 156 valence electrons. The Morgan fingerprint density at radius 1 is 1.07 bits per heavy atom. The van der Waals surface area contributed by atoms with Gasteiger partial charge in [0.15, 0.2) is 0 Å². The van der Waals surface area contributed by atoms with Crippen molar-refractivity contribution in [3.8, 4) is 0 Å². The molecule has 0 radical (unpaired) electrons. The summed E-state index contributed by atoms with van der Waals surface area (Å²) in [5.41, 5.74) is 0. The molecule has 0 spiro atoms. The molecule has 1 aromatic rings. The van der Waals surface area contributed by atoms with Crippen LogP contribution in [-0.2, 0) is 14.8 Å². The predicted molar refractivity (Wildman–Crippen MR) is 110 cm³/mol. The molecular formula is C21H33N3O3S.